The zero-order valence-electron chi connectivity index (χ0n) is 12.0. The Morgan fingerprint density at radius 2 is 2.36 bits per heavy atom. The van der Waals surface area contributed by atoms with E-state index in [1.807, 2.05) is 0 Å². The average Bonchev–Trinajstić information content (AvgIpc) is 2.88. The van der Waals surface area contributed by atoms with Gasteiger partial charge in [-0.3, -0.25) is 4.90 Å². The minimum atomic E-state index is -0.554. The van der Waals surface area contributed by atoms with Gasteiger partial charge in [0.05, 0.1) is 30.5 Å². The molecule has 1 atom stereocenters. The van der Waals surface area contributed by atoms with Gasteiger partial charge in [0.25, 0.3) is 0 Å². The van der Waals surface area contributed by atoms with E-state index in [9.17, 15) is 9.18 Å². The van der Waals surface area contributed by atoms with E-state index in [1.165, 1.54) is 24.1 Å². The van der Waals surface area contributed by atoms with E-state index in [4.69, 9.17) is 14.2 Å². The third-order valence-electron chi connectivity index (χ3n) is 3.01. The molecule has 0 radical (unpaired) electrons. The smallest absolute Gasteiger partial charge is 0.414 e. The number of thiocarbonyl (C=S) groups is 1. The Morgan fingerprint density at radius 1 is 1.55 bits per heavy atom. The van der Waals surface area contributed by atoms with Crippen molar-refractivity contribution in [1.82, 2.24) is 0 Å². The summed E-state index contributed by atoms with van der Waals surface area (Å²) in [6, 6.07) is 4.29. The van der Waals surface area contributed by atoms with Gasteiger partial charge in [-0.05, 0) is 24.4 Å². The number of amides is 1. The predicted molar refractivity (Wildman–Crippen MR) is 81.3 cm³/mol. The molecule has 0 saturated carbocycles. The number of methoxy groups -OCH3 is 1. The largest absolute Gasteiger partial charge is 0.488 e. The van der Waals surface area contributed by atoms with Crippen molar-refractivity contribution in [3.05, 3.63) is 24.0 Å². The van der Waals surface area contributed by atoms with E-state index < -0.39 is 18.0 Å². The summed E-state index contributed by atoms with van der Waals surface area (Å²) >= 11 is 4.47. The van der Waals surface area contributed by atoms with E-state index in [0.717, 1.165) is 0 Å². The number of ether oxygens (including phenoxy) is 3. The molecule has 1 aliphatic heterocycles. The second-order valence-corrected chi connectivity index (χ2v) is 4.69. The van der Waals surface area contributed by atoms with Gasteiger partial charge < -0.3 is 14.2 Å². The molecule has 2 rings (SSSR count). The molecule has 0 N–H and O–H groups in total. The van der Waals surface area contributed by atoms with Gasteiger partial charge >= 0.3 is 6.09 Å². The van der Waals surface area contributed by atoms with E-state index >= 15 is 0 Å². The van der Waals surface area contributed by atoms with Crippen LogP contribution in [0.15, 0.2) is 23.2 Å². The number of carbonyl (C=O) groups excluding carboxylic acids is 1. The first-order valence-electron chi connectivity index (χ1n) is 6.58. The van der Waals surface area contributed by atoms with Crippen LogP contribution in [0.5, 0.6) is 5.75 Å². The number of isothiocyanates is 1. The van der Waals surface area contributed by atoms with Crippen LogP contribution in [0, 0.1) is 5.82 Å². The van der Waals surface area contributed by atoms with Crippen LogP contribution in [0.1, 0.15) is 0 Å². The van der Waals surface area contributed by atoms with Gasteiger partial charge in [-0.25, -0.2) is 14.2 Å². The van der Waals surface area contributed by atoms with Gasteiger partial charge in [-0.1, -0.05) is 0 Å². The average molecular weight is 326 g/mol. The Morgan fingerprint density at radius 3 is 3.05 bits per heavy atom. The zero-order chi connectivity index (χ0) is 15.9. The van der Waals surface area contributed by atoms with E-state index in [0.29, 0.717) is 12.3 Å². The highest BCUT2D eigenvalue weighted by Crippen LogP contribution is 2.27. The van der Waals surface area contributed by atoms with Crippen LogP contribution >= 0.6 is 12.2 Å². The molecule has 22 heavy (non-hydrogen) atoms. The lowest BCUT2D eigenvalue weighted by Crippen LogP contribution is -2.25. The van der Waals surface area contributed by atoms with Crippen LogP contribution in [-0.4, -0.2) is 50.8 Å². The Hall–Kier alpha value is -2.02. The highest BCUT2D eigenvalue weighted by molar-refractivity contribution is 7.78. The Labute approximate surface area is 132 Å². The molecule has 118 valence electrons. The van der Waals surface area contributed by atoms with E-state index in [2.05, 4.69) is 22.4 Å². The SMILES string of the molecule is COCCOc1ccc(N2C[C@H](CN=C=S)OC2=O)cc1F. The number of carbonyl (C=O) groups is 1. The van der Waals surface area contributed by atoms with Gasteiger partial charge in [0, 0.05) is 13.2 Å². The van der Waals surface area contributed by atoms with Crippen molar-refractivity contribution in [3.8, 4) is 5.75 Å². The first kappa shape index (κ1) is 16.4. The summed E-state index contributed by atoms with van der Waals surface area (Å²) in [7, 11) is 1.53. The molecule has 0 spiro atoms. The summed E-state index contributed by atoms with van der Waals surface area (Å²) in [6.07, 6.45) is -0.958. The molecular formula is C14H15FN2O4S. The van der Waals surface area contributed by atoms with Crippen molar-refractivity contribution < 1.29 is 23.4 Å². The van der Waals surface area contributed by atoms with Gasteiger partial charge in [-0.15, -0.1) is 0 Å². The fraction of sp³-hybridized carbons (Fsp3) is 0.429. The van der Waals surface area contributed by atoms with Crippen molar-refractivity contribution in [2.45, 2.75) is 6.10 Å². The van der Waals surface area contributed by atoms with Crippen LogP contribution in [0.2, 0.25) is 0 Å². The van der Waals surface area contributed by atoms with Crippen LogP contribution in [0.25, 0.3) is 0 Å². The maximum atomic E-state index is 14.0. The number of anilines is 1. The summed E-state index contributed by atoms with van der Waals surface area (Å²) in [4.78, 5) is 16.9. The Balaban J connectivity index is 2.04. The monoisotopic (exact) mass is 326 g/mol. The van der Waals surface area contributed by atoms with Crippen molar-refractivity contribution >= 4 is 29.2 Å². The van der Waals surface area contributed by atoms with Crippen LogP contribution in [0.4, 0.5) is 14.9 Å². The Kier molecular flexibility index (Phi) is 5.83. The lowest BCUT2D eigenvalue weighted by atomic mass is 10.2. The molecule has 1 fully saturated rings. The number of rotatable bonds is 7. The number of cyclic esters (lactones) is 1. The molecule has 0 aliphatic carbocycles. The maximum Gasteiger partial charge on any atom is 0.414 e. The summed E-state index contributed by atoms with van der Waals surface area (Å²) in [5.74, 6) is -0.447. The fourth-order valence-corrected chi connectivity index (χ4v) is 2.05. The van der Waals surface area contributed by atoms with Gasteiger partial charge in [0.2, 0.25) is 0 Å². The lowest BCUT2D eigenvalue weighted by molar-refractivity contribution is 0.144. The highest BCUT2D eigenvalue weighted by atomic mass is 32.1. The van der Waals surface area contributed by atoms with Gasteiger partial charge in [-0.2, -0.15) is 0 Å². The second-order valence-electron chi connectivity index (χ2n) is 4.50. The molecule has 1 aliphatic rings. The summed E-state index contributed by atoms with van der Waals surface area (Å²) < 4.78 is 29.1. The minimum Gasteiger partial charge on any atom is -0.488 e. The zero-order valence-corrected chi connectivity index (χ0v) is 12.8. The van der Waals surface area contributed by atoms with Gasteiger partial charge in [0.1, 0.15) is 12.7 Å². The van der Waals surface area contributed by atoms with Crippen LogP contribution in [0.3, 0.4) is 0 Å². The fourth-order valence-electron chi connectivity index (χ4n) is 1.98. The number of halogens is 1. The number of aliphatic imine (C=N–C) groups is 1. The molecule has 0 bridgehead atoms. The van der Waals surface area contributed by atoms with Gasteiger partial charge in [0.15, 0.2) is 11.6 Å². The summed E-state index contributed by atoms with van der Waals surface area (Å²) in [5.41, 5.74) is 0.399. The number of hydrogen-bond acceptors (Lipinski definition) is 6. The molecule has 1 heterocycles. The molecule has 1 amide bonds. The topological polar surface area (TPSA) is 60.4 Å². The third kappa shape index (κ3) is 4.00. The van der Waals surface area contributed by atoms with Crippen molar-refractivity contribution in [3.63, 3.8) is 0 Å². The Bertz CT molecular complexity index is 592. The van der Waals surface area contributed by atoms with Crippen molar-refractivity contribution in [2.75, 3.05) is 38.3 Å². The molecule has 0 unspecified atom stereocenters. The third-order valence-corrected chi connectivity index (χ3v) is 3.13. The first-order chi connectivity index (χ1) is 10.7. The molecule has 1 aromatic rings. The van der Waals surface area contributed by atoms with Crippen LogP contribution < -0.4 is 9.64 Å². The molecule has 6 nitrogen and oxygen atoms in total. The molecule has 8 heteroatoms. The molecule has 1 aromatic carbocycles. The lowest BCUT2D eigenvalue weighted by Gasteiger charge is -2.14. The number of nitrogens with zero attached hydrogens (tertiary/aromatic N) is 2. The first-order valence-corrected chi connectivity index (χ1v) is 6.99. The molecule has 0 aromatic heterocycles. The second kappa shape index (κ2) is 7.84. The van der Waals surface area contributed by atoms with Crippen molar-refractivity contribution in [1.29, 1.82) is 0 Å². The molecule has 1 saturated heterocycles. The normalized spacial score (nSPS) is 17.1. The molecular weight excluding hydrogens is 311 g/mol. The number of hydrogen-bond donors (Lipinski definition) is 0. The minimum absolute atomic E-state index is 0.107. The van der Waals surface area contributed by atoms with E-state index in [1.54, 1.807) is 6.07 Å². The van der Waals surface area contributed by atoms with Crippen molar-refractivity contribution in [2.24, 2.45) is 4.99 Å². The standard InChI is InChI=1S/C14H15FN2O4S/c1-19-4-5-20-13-3-2-10(6-12(13)15)17-8-11(7-16-9-22)21-14(17)18/h2-3,6,11H,4-5,7-8H2,1H3/t11-/m0/s1. The number of benzene rings is 1. The summed E-state index contributed by atoms with van der Waals surface area (Å²) in [5, 5.41) is 2.22. The quantitative estimate of drug-likeness (QED) is 0.437. The van der Waals surface area contributed by atoms with E-state index in [-0.39, 0.29) is 25.4 Å². The highest BCUT2D eigenvalue weighted by Gasteiger charge is 2.32. The maximum absolute atomic E-state index is 14.0. The summed E-state index contributed by atoms with van der Waals surface area (Å²) in [6.45, 7) is 1.13. The predicted octanol–water partition coefficient (Wildman–Crippen LogP) is 2.28. The van der Waals surface area contributed by atoms with Crippen LogP contribution in [-0.2, 0) is 9.47 Å².